The summed E-state index contributed by atoms with van der Waals surface area (Å²) >= 11 is 6.28. The van der Waals surface area contributed by atoms with Crippen LogP contribution in [0.15, 0.2) is 39.3 Å². The lowest BCUT2D eigenvalue weighted by atomic mass is 10.2. The smallest absolute Gasteiger partial charge is 0.146 e. The number of nitrogen functional groups attached to an aromatic ring is 1. The Hall–Kier alpha value is -1.14. The molecule has 0 saturated carbocycles. The topological polar surface area (TPSA) is 35.2 Å². The minimum Gasteiger partial charge on any atom is -0.487 e. The zero-order chi connectivity index (χ0) is 14.0. The summed E-state index contributed by atoms with van der Waals surface area (Å²) in [6, 6.07) is 7.47. The molecule has 0 heterocycles. The molecule has 2 rings (SSSR count). The van der Waals surface area contributed by atoms with Crippen LogP contribution in [0.4, 0.5) is 14.5 Å². The fraction of sp³-hybridized carbons (Fsp3) is 0.0769. The van der Waals surface area contributed by atoms with E-state index >= 15 is 0 Å². The fourth-order valence-corrected chi connectivity index (χ4v) is 2.21. The zero-order valence-electron chi connectivity index (χ0n) is 9.59. The van der Waals surface area contributed by atoms with E-state index in [2.05, 4.69) is 31.9 Å². The van der Waals surface area contributed by atoms with Gasteiger partial charge in [0, 0.05) is 11.8 Å². The van der Waals surface area contributed by atoms with Crippen LogP contribution in [0.2, 0.25) is 0 Å². The molecule has 2 aromatic carbocycles. The number of halogens is 4. The highest BCUT2D eigenvalue weighted by Gasteiger charge is 2.13. The van der Waals surface area contributed by atoms with Gasteiger partial charge in [-0.2, -0.15) is 0 Å². The SMILES string of the molecule is Nc1ccc(Br)c(OCc2c(F)ccc(Br)c2F)c1. The van der Waals surface area contributed by atoms with Crippen LogP contribution in [0.3, 0.4) is 0 Å². The summed E-state index contributed by atoms with van der Waals surface area (Å²) in [4.78, 5) is 0. The first kappa shape index (κ1) is 14.3. The van der Waals surface area contributed by atoms with Gasteiger partial charge in [0.05, 0.1) is 14.5 Å². The number of hydrogen-bond acceptors (Lipinski definition) is 2. The molecule has 0 amide bonds. The average Bonchev–Trinajstić information content (AvgIpc) is 2.38. The molecule has 0 aliphatic heterocycles. The highest BCUT2D eigenvalue weighted by molar-refractivity contribution is 9.10. The molecule has 0 radical (unpaired) electrons. The summed E-state index contributed by atoms with van der Waals surface area (Å²) in [7, 11) is 0. The van der Waals surface area contributed by atoms with E-state index in [0.717, 1.165) is 0 Å². The highest BCUT2D eigenvalue weighted by Crippen LogP contribution is 2.29. The third-order valence-electron chi connectivity index (χ3n) is 2.47. The van der Waals surface area contributed by atoms with E-state index in [-0.39, 0.29) is 16.6 Å². The maximum Gasteiger partial charge on any atom is 0.146 e. The Morgan fingerprint density at radius 2 is 1.74 bits per heavy atom. The first-order valence-electron chi connectivity index (χ1n) is 5.29. The molecular formula is C13H9Br2F2NO. The molecule has 0 unspecified atom stereocenters. The van der Waals surface area contributed by atoms with E-state index in [4.69, 9.17) is 10.5 Å². The van der Waals surface area contributed by atoms with Gasteiger partial charge in [0.2, 0.25) is 0 Å². The van der Waals surface area contributed by atoms with Crippen LogP contribution in [0.25, 0.3) is 0 Å². The molecule has 0 aromatic heterocycles. The zero-order valence-corrected chi connectivity index (χ0v) is 12.8. The van der Waals surface area contributed by atoms with Gasteiger partial charge in [0.25, 0.3) is 0 Å². The van der Waals surface area contributed by atoms with Crippen molar-refractivity contribution in [1.82, 2.24) is 0 Å². The number of nitrogens with two attached hydrogens (primary N) is 1. The van der Waals surface area contributed by atoms with Gasteiger partial charge in [-0.05, 0) is 56.1 Å². The van der Waals surface area contributed by atoms with Crippen molar-refractivity contribution in [3.8, 4) is 5.75 Å². The monoisotopic (exact) mass is 391 g/mol. The Morgan fingerprint density at radius 1 is 1.05 bits per heavy atom. The lowest BCUT2D eigenvalue weighted by Crippen LogP contribution is -2.03. The maximum absolute atomic E-state index is 13.7. The van der Waals surface area contributed by atoms with Gasteiger partial charge in [0.15, 0.2) is 0 Å². The second kappa shape index (κ2) is 5.88. The molecule has 100 valence electrons. The summed E-state index contributed by atoms with van der Waals surface area (Å²) in [6.07, 6.45) is 0. The van der Waals surface area contributed by atoms with E-state index < -0.39 is 11.6 Å². The van der Waals surface area contributed by atoms with Crippen LogP contribution in [-0.2, 0) is 6.61 Å². The molecule has 2 N–H and O–H groups in total. The van der Waals surface area contributed by atoms with Crippen LogP contribution in [0.1, 0.15) is 5.56 Å². The largest absolute Gasteiger partial charge is 0.487 e. The van der Waals surface area contributed by atoms with Crippen molar-refractivity contribution in [2.24, 2.45) is 0 Å². The Bertz CT molecular complexity index is 620. The Balaban J connectivity index is 2.24. The van der Waals surface area contributed by atoms with Gasteiger partial charge in [-0.3, -0.25) is 0 Å². The van der Waals surface area contributed by atoms with Gasteiger partial charge < -0.3 is 10.5 Å². The van der Waals surface area contributed by atoms with Gasteiger partial charge >= 0.3 is 0 Å². The van der Waals surface area contributed by atoms with E-state index in [9.17, 15) is 8.78 Å². The standard InChI is InChI=1S/C13H9Br2F2NO/c14-9-2-1-7(18)5-12(9)19-6-8-11(16)4-3-10(15)13(8)17/h1-5H,6,18H2. The van der Waals surface area contributed by atoms with Gasteiger partial charge in [0.1, 0.15) is 24.0 Å². The number of anilines is 1. The van der Waals surface area contributed by atoms with Crippen LogP contribution in [0.5, 0.6) is 5.75 Å². The van der Waals surface area contributed by atoms with E-state index in [1.54, 1.807) is 18.2 Å². The molecular weight excluding hydrogens is 384 g/mol. The first-order valence-corrected chi connectivity index (χ1v) is 6.88. The van der Waals surface area contributed by atoms with Gasteiger partial charge in [-0.25, -0.2) is 8.78 Å². The molecule has 2 aromatic rings. The van der Waals surface area contributed by atoms with Crippen molar-refractivity contribution in [2.45, 2.75) is 6.61 Å². The third-order valence-corrected chi connectivity index (χ3v) is 3.73. The van der Waals surface area contributed by atoms with Crippen molar-refractivity contribution in [3.63, 3.8) is 0 Å². The predicted octanol–water partition coefficient (Wildman–Crippen LogP) is 4.65. The van der Waals surface area contributed by atoms with Crippen molar-refractivity contribution in [2.75, 3.05) is 5.73 Å². The summed E-state index contributed by atoms with van der Waals surface area (Å²) in [5, 5.41) is 0. The van der Waals surface area contributed by atoms with Crippen molar-refractivity contribution < 1.29 is 13.5 Å². The Kier molecular flexibility index (Phi) is 4.42. The molecule has 0 bridgehead atoms. The van der Waals surface area contributed by atoms with E-state index in [1.165, 1.54) is 12.1 Å². The number of rotatable bonds is 3. The molecule has 0 aliphatic carbocycles. The molecule has 19 heavy (non-hydrogen) atoms. The Morgan fingerprint density at radius 3 is 2.47 bits per heavy atom. The van der Waals surface area contributed by atoms with Crippen molar-refractivity contribution in [1.29, 1.82) is 0 Å². The average molecular weight is 393 g/mol. The normalized spacial score (nSPS) is 10.5. The van der Waals surface area contributed by atoms with Crippen LogP contribution < -0.4 is 10.5 Å². The van der Waals surface area contributed by atoms with Gasteiger partial charge in [-0.1, -0.05) is 0 Å². The highest BCUT2D eigenvalue weighted by atomic mass is 79.9. The van der Waals surface area contributed by atoms with Crippen molar-refractivity contribution >= 4 is 37.5 Å². The molecule has 0 atom stereocenters. The van der Waals surface area contributed by atoms with Crippen LogP contribution in [-0.4, -0.2) is 0 Å². The number of benzene rings is 2. The second-order valence-electron chi connectivity index (χ2n) is 3.80. The molecule has 0 aliphatic rings. The molecule has 0 fully saturated rings. The van der Waals surface area contributed by atoms with Crippen molar-refractivity contribution in [3.05, 3.63) is 56.5 Å². The van der Waals surface area contributed by atoms with Gasteiger partial charge in [-0.15, -0.1) is 0 Å². The number of ether oxygens (including phenoxy) is 1. The molecule has 0 saturated heterocycles. The van der Waals surface area contributed by atoms with Crippen LogP contribution >= 0.6 is 31.9 Å². The second-order valence-corrected chi connectivity index (χ2v) is 5.51. The summed E-state index contributed by atoms with van der Waals surface area (Å²) in [5.41, 5.74) is 6.00. The minimum absolute atomic E-state index is 0.135. The summed E-state index contributed by atoms with van der Waals surface area (Å²) < 4.78 is 33.5. The van der Waals surface area contributed by atoms with E-state index in [0.29, 0.717) is 15.9 Å². The first-order chi connectivity index (χ1) is 8.99. The minimum atomic E-state index is -0.667. The fourth-order valence-electron chi connectivity index (χ4n) is 1.48. The van der Waals surface area contributed by atoms with Crippen LogP contribution in [0, 0.1) is 11.6 Å². The number of hydrogen-bond donors (Lipinski definition) is 1. The summed E-state index contributed by atoms with van der Waals surface area (Å²) in [6.45, 7) is -0.223. The lowest BCUT2D eigenvalue weighted by molar-refractivity contribution is 0.290. The van der Waals surface area contributed by atoms with E-state index in [1.807, 2.05) is 0 Å². The molecule has 6 heteroatoms. The summed E-state index contributed by atoms with van der Waals surface area (Å²) in [5.74, 6) is -0.889. The maximum atomic E-state index is 13.7. The third kappa shape index (κ3) is 3.25. The lowest BCUT2D eigenvalue weighted by Gasteiger charge is -2.11. The Labute approximate surface area is 125 Å². The predicted molar refractivity (Wildman–Crippen MR) is 76.9 cm³/mol. The quantitative estimate of drug-likeness (QED) is 0.609. The molecule has 0 spiro atoms. The molecule has 2 nitrogen and oxygen atoms in total.